The second kappa shape index (κ2) is 7.31. The first-order valence-corrected chi connectivity index (χ1v) is 9.24. The van der Waals surface area contributed by atoms with Crippen molar-refractivity contribution in [3.8, 4) is 0 Å². The van der Waals surface area contributed by atoms with Crippen LogP contribution in [0.5, 0.6) is 0 Å². The van der Waals surface area contributed by atoms with Crippen LogP contribution in [0.3, 0.4) is 0 Å². The lowest BCUT2D eigenvalue weighted by Crippen LogP contribution is -2.42. The summed E-state index contributed by atoms with van der Waals surface area (Å²) in [5.74, 6) is -1.21. The summed E-state index contributed by atoms with van der Waals surface area (Å²) in [4.78, 5) is 22.5. The summed E-state index contributed by atoms with van der Waals surface area (Å²) in [6.45, 7) is 4.45. The van der Waals surface area contributed by atoms with Crippen LogP contribution in [0, 0.1) is 11.8 Å². The summed E-state index contributed by atoms with van der Waals surface area (Å²) in [5.41, 5.74) is 0.121. The topological polar surface area (TPSA) is 104 Å². The predicted octanol–water partition coefficient (Wildman–Crippen LogP) is 1.17. The molecule has 132 valence electrons. The highest BCUT2D eigenvalue weighted by molar-refractivity contribution is 7.89. The number of hydrogen-bond acceptors (Lipinski definition) is 4. The first-order chi connectivity index (χ1) is 11.2. The molecule has 1 heterocycles. The van der Waals surface area contributed by atoms with Gasteiger partial charge in [-0.1, -0.05) is 19.9 Å². The lowest BCUT2D eigenvalue weighted by molar-refractivity contribution is -0.135. The Kier molecular flexibility index (Phi) is 5.61. The van der Waals surface area contributed by atoms with Gasteiger partial charge in [0, 0.05) is 18.7 Å². The quantitative estimate of drug-likeness (QED) is 0.826. The van der Waals surface area contributed by atoms with Crippen molar-refractivity contribution in [1.29, 1.82) is 0 Å². The molecule has 1 fully saturated rings. The van der Waals surface area contributed by atoms with Crippen molar-refractivity contribution in [3.05, 3.63) is 29.8 Å². The van der Waals surface area contributed by atoms with Gasteiger partial charge in [0.2, 0.25) is 10.0 Å². The molecule has 1 aliphatic heterocycles. The fourth-order valence-electron chi connectivity index (χ4n) is 3.01. The Morgan fingerprint density at radius 3 is 2.46 bits per heavy atom. The summed E-state index contributed by atoms with van der Waals surface area (Å²) < 4.78 is 27.1. The molecule has 2 N–H and O–H groups in total. The normalized spacial score (nSPS) is 22.1. The van der Waals surface area contributed by atoms with E-state index in [4.69, 9.17) is 5.11 Å². The van der Waals surface area contributed by atoms with Gasteiger partial charge < -0.3 is 10.4 Å². The van der Waals surface area contributed by atoms with Gasteiger partial charge in [-0.05, 0) is 36.5 Å². The molecule has 0 aromatic heterocycles. The highest BCUT2D eigenvalue weighted by atomic mass is 32.2. The lowest BCUT2D eigenvalue weighted by atomic mass is 9.94. The molecule has 1 saturated heterocycles. The van der Waals surface area contributed by atoms with Crippen LogP contribution in [0.25, 0.3) is 0 Å². The number of nitrogens with zero attached hydrogens (tertiary/aromatic N) is 1. The summed E-state index contributed by atoms with van der Waals surface area (Å²) in [7, 11) is -3.68. The van der Waals surface area contributed by atoms with Gasteiger partial charge in [0.05, 0.1) is 4.90 Å². The van der Waals surface area contributed by atoms with Crippen molar-refractivity contribution in [2.45, 2.75) is 25.2 Å². The minimum absolute atomic E-state index is 0.0479. The molecule has 2 atom stereocenters. The molecule has 0 aliphatic carbocycles. The van der Waals surface area contributed by atoms with Crippen molar-refractivity contribution >= 4 is 21.9 Å². The number of aliphatic carboxylic acids is 1. The van der Waals surface area contributed by atoms with E-state index in [2.05, 4.69) is 5.32 Å². The second-order valence-corrected chi connectivity index (χ2v) is 8.31. The molecular formula is C16H22N2O5S. The number of rotatable bonds is 5. The largest absolute Gasteiger partial charge is 0.480 e. The van der Waals surface area contributed by atoms with Crippen molar-refractivity contribution in [2.24, 2.45) is 11.8 Å². The van der Waals surface area contributed by atoms with Crippen LogP contribution < -0.4 is 5.32 Å². The number of amides is 1. The van der Waals surface area contributed by atoms with E-state index in [-0.39, 0.29) is 22.3 Å². The number of carboxylic acids is 1. The SMILES string of the molecule is CC1CC(C)CN(S(=O)(=O)c2cccc(C(=O)NCC(=O)O)c2)C1. The Morgan fingerprint density at radius 2 is 1.88 bits per heavy atom. The van der Waals surface area contributed by atoms with Crippen molar-refractivity contribution in [1.82, 2.24) is 9.62 Å². The Hall–Kier alpha value is -1.93. The Morgan fingerprint density at radius 1 is 1.25 bits per heavy atom. The van der Waals surface area contributed by atoms with Crippen LogP contribution in [0.1, 0.15) is 30.6 Å². The molecule has 2 rings (SSSR count). The summed E-state index contributed by atoms with van der Waals surface area (Å²) in [6.07, 6.45) is 0.990. The van der Waals surface area contributed by atoms with Crippen LogP contribution in [-0.2, 0) is 14.8 Å². The van der Waals surface area contributed by atoms with Crippen molar-refractivity contribution in [3.63, 3.8) is 0 Å². The van der Waals surface area contributed by atoms with Gasteiger partial charge in [-0.15, -0.1) is 0 Å². The highest BCUT2D eigenvalue weighted by Gasteiger charge is 2.31. The van der Waals surface area contributed by atoms with E-state index >= 15 is 0 Å². The summed E-state index contributed by atoms with van der Waals surface area (Å²) >= 11 is 0. The minimum Gasteiger partial charge on any atom is -0.480 e. The number of sulfonamides is 1. The molecule has 1 aliphatic rings. The van der Waals surface area contributed by atoms with E-state index in [0.29, 0.717) is 13.1 Å². The third-order valence-electron chi connectivity index (χ3n) is 3.97. The average Bonchev–Trinajstić information content (AvgIpc) is 2.51. The fourth-order valence-corrected chi connectivity index (χ4v) is 4.73. The van der Waals surface area contributed by atoms with Crippen LogP contribution in [0.2, 0.25) is 0 Å². The smallest absolute Gasteiger partial charge is 0.322 e. The lowest BCUT2D eigenvalue weighted by Gasteiger charge is -2.34. The van der Waals surface area contributed by atoms with E-state index < -0.39 is 28.4 Å². The van der Waals surface area contributed by atoms with Gasteiger partial charge in [0.1, 0.15) is 6.54 Å². The number of benzene rings is 1. The number of carbonyl (C=O) groups excluding carboxylic acids is 1. The molecule has 24 heavy (non-hydrogen) atoms. The van der Waals surface area contributed by atoms with Gasteiger partial charge in [0.25, 0.3) is 5.91 Å². The monoisotopic (exact) mass is 354 g/mol. The van der Waals surface area contributed by atoms with E-state index in [9.17, 15) is 18.0 Å². The maximum Gasteiger partial charge on any atom is 0.322 e. The second-order valence-electron chi connectivity index (χ2n) is 6.37. The Bertz CT molecular complexity index is 722. The van der Waals surface area contributed by atoms with Crippen molar-refractivity contribution in [2.75, 3.05) is 19.6 Å². The molecule has 1 amide bonds. The number of carbonyl (C=O) groups is 2. The van der Waals surface area contributed by atoms with Gasteiger partial charge in [-0.2, -0.15) is 4.31 Å². The maximum atomic E-state index is 12.8. The maximum absolute atomic E-state index is 12.8. The number of nitrogens with one attached hydrogen (secondary N) is 1. The molecule has 0 spiro atoms. The van der Waals surface area contributed by atoms with Gasteiger partial charge >= 0.3 is 5.97 Å². The third kappa shape index (κ3) is 4.33. The van der Waals surface area contributed by atoms with Gasteiger partial charge in [-0.25, -0.2) is 8.42 Å². The number of hydrogen-bond donors (Lipinski definition) is 2. The van der Waals surface area contributed by atoms with E-state index in [0.717, 1.165) is 6.42 Å². The van der Waals surface area contributed by atoms with Crippen LogP contribution >= 0.6 is 0 Å². The van der Waals surface area contributed by atoms with Gasteiger partial charge in [-0.3, -0.25) is 9.59 Å². The summed E-state index contributed by atoms with van der Waals surface area (Å²) in [5, 5.41) is 10.8. The Labute approximate surface area is 141 Å². The van der Waals surface area contributed by atoms with Gasteiger partial charge in [0.15, 0.2) is 0 Å². The van der Waals surface area contributed by atoms with Crippen LogP contribution in [0.4, 0.5) is 0 Å². The zero-order valence-corrected chi connectivity index (χ0v) is 14.5. The van der Waals surface area contributed by atoms with E-state index in [1.165, 1.54) is 28.6 Å². The standard InChI is InChI=1S/C16H22N2O5S/c1-11-6-12(2)10-18(9-11)24(22,23)14-5-3-4-13(7-14)16(21)17-8-15(19)20/h3-5,7,11-12H,6,8-10H2,1-2H3,(H,17,21)(H,19,20). The molecule has 1 aromatic rings. The molecule has 2 unspecified atom stereocenters. The molecule has 0 radical (unpaired) electrons. The van der Waals surface area contributed by atoms with E-state index in [1.807, 2.05) is 13.8 Å². The summed E-state index contributed by atoms with van der Waals surface area (Å²) in [6, 6.07) is 5.68. The van der Waals surface area contributed by atoms with Crippen LogP contribution in [-0.4, -0.2) is 49.3 Å². The van der Waals surface area contributed by atoms with Crippen LogP contribution in [0.15, 0.2) is 29.2 Å². The molecule has 8 heteroatoms. The first-order valence-electron chi connectivity index (χ1n) is 7.80. The average molecular weight is 354 g/mol. The molecule has 1 aromatic carbocycles. The zero-order chi connectivity index (χ0) is 17.9. The highest BCUT2D eigenvalue weighted by Crippen LogP contribution is 2.26. The predicted molar refractivity (Wildman–Crippen MR) is 88.1 cm³/mol. The Balaban J connectivity index is 2.23. The molecule has 0 bridgehead atoms. The number of piperidine rings is 1. The molecular weight excluding hydrogens is 332 g/mol. The third-order valence-corrected chi connectivity index (χ3v) is 5.80. The zero-order valence-electron chi connectivity index (χ0n) is 13.7. The minimum atomic E-state index is -3.68. The molecule has 7 nitrogen and oxygen atoms in total. The fraction of sp³-hybridized carbons (Fsp3) is 0.500. The molecule has 0 saturated carbocycles. The first kappa shape index (κ1) is 18.4. The van der Waals surface area contributed by atoms with E-state index in [1.54, 1.807) is 0 Å². The van der Waals surface area contributed by atoms with Crippen molar-refractivity contribution < 1.29 is 23.1 Å². The number of carboxylic acid groups (broad SMARTS) is 1.